The molecule has 0 saturated carbocycles. The topological polar surface area (TPSA) is 63.4 Å². The quantitative estimate of drug-likeness (QED) is 0.755. The molecule has 2 heterocycles. The van der Waals surface area contributed by atoms with Crippen molar-refractivity contribution in [2.75, 3.05) is 13.1 Å². The lowest BCUT2D eigenvalue weighted by atomic mass is 9.95. The van der Waals surface area contributed by atoms with Crippen LogP contribution in [0.3, 0.4) is 0 Å². The summed E-state index contributed by atoms with van der Waals surface area (Å²) in [5.74, 6) is 1.06. The molecule has 0 N–H and O–H groups in total. The Morgan fingerprint density at radius 1 is 1.30 bits per heavy atom. The van der Waals surface area contributed by atoms with Crippen molar-refractivity contribution in [1.29, 1.82) is 0 Å². The van der Waals surface area contributed by atoms with Gasteiger partial charge < -0.3 is 4.52 Å². The van der Waals surface area contributed by atoms with Crippen molar-refractivity contribution >= 4 is 37.6 Å². The fraction of sp³-hybridized carbons (Fsp3) is 0.400. The number of sulfonamides is 1. The second-order valence-corrected chi connectivity index (χ2v) is 8.82. The van der Waals surface area contributed by atoms with Gasteiger partial charge in [0, 0.05) is 34.6 Å². The lowest BCUT2D eigenvalue weighted by molar-refractivity contribution is 0.275. The lowest BCUT2D eigenvalue weighted by Crippen LogP contribution is -2.38. The van der Waals surface area contributed by atoms with Gasteiger partial charge in [-0.1, -0.05) is 16.8 Å². The van der Waals surface area contributed by atoms with E-state index in [1.54, 1.807) is 12.1 Å². The molecule has 2 aromatic rings. The zero-order valence-corrected chi connectivity index (χ0v) is 15.7. The number of aryl methyl sites for hydroxylation is 1. The van der Waals surface area contributed by atoms with Gasteiger partial charge in [0.1, 0.15) is 5.76 Å². The summed E-state index contributed by atoms with van der Waals surface area (Å²) < 4.78 is 32.9. The van der Waals surface area contributed by atoms with E-state index in [4.69, 9.17) is 16.1 Å². The third-order valence-corrected chi connectivity index (χ3v) is 7.12. The Kier molecular flexibility index (Phi) is 4.83. The summed E-state index contributed by atoms with van der Waals surface area (Å²) in [6, 6.07) is 6.64. The normalized spacial score (nSPS) is 17.5. The largest absolute Gasteiger partial charge is 0.361 e. The number of benzene rings is 1. The van der Waals surface area contributed by atoms with Gasteiger partial charge in [0.2, 0.25) is 10.0 Å². The first-order chi connectivity index (χ1) is 10.9. The Labute approximate surface area is 148 Å². The van der Waals surface area contributed by atoms with Gasteiger partial charge >= 0.3 is 0 Å². The van der Waals surface area contributed by atoms with Gasteiger partial charge in [0.15, 0.2) is 0 Å². The summed E-state index contributed by atoms with van der Waals surface area (Å²) in [6.07, 6.45) is 1.44. The maximum Gasteiger partial charge on any atom is 0.244 e. The van der Waals surface area contributed by atoms with E-state index in [0.717, 1.165) is 24.3 Å². The zero-order valence-electron chi connectivity index (χ0n) is 12.5. The molecule has 0 bridgehead atoms. The van der Waals surface area contributed by atoms with Crippen LogP contribution in [0, 0.1) is 6.92 Å². The summed E-state index contributed by atoms with van der Waals surface area (Å²) in [5, 5.41) is 4.40. The van der Waals surface area contributed by atoms with Gasteiger partial charge in [-0.05, 0) is 53.9 Å². The molecule has 1 fully saturated rings. The Morgan fingerprint density at radius 3 is 2.57 bits per heavy atom. The van der Waals surface area contributed by atoms with Crippen LogP contribution >= 0.6 is 27.5 Å². The fourth-order valence-corrected chi connectivity index (χ4v) is 5.59. The predicted octanol–water partition coefficient (Wildman–Crippen LogP) is 3.97. The van der Waals surface area contributed by atoms with E-state index in [9.17, 15) is 8.42 Å². The number of piperidine rings is 1. The van der Waals surface area contributed by atoms with E-state index in [2.05, 4.69) is 21.1 Å². The second-order valence-electron chi connectivity index (χ2n) is 5.62. The van der Waals surface area contributed by atoms with E-state index < -0.39 is 10.0 Å². The number of hydrogen-bond donors (Lipinski definition) is 0. The van der Waals surface area contributed by atoms with Gasteiger partial charge in [-0.3, -0.25) is 0 Å². The number of halogens is 2. The molecule has 124 valence electrons. The van der Waals surface area contributed by atoms with Gasteiger partial charge in [-0.2, -0.15) is 4.31 Å². The molecule has 0 aliphatic carbocycles. The number of hydrogen-bond acceptors (Lipinski definition) is 4. The maximum atomic E-state index is 12.8. The summed E-state index contributed by atoms with van der Waals surface area (Å²) in [5.41, 5.74) is 0.847. The summed E-state index contributed by atoms with van der Waals surface area (Å²) in [7, 11) is -3.53. The van der Waals surface area contributed by atoms with Crippen molar-refractivity contribution in [2.45, 2.75) is 30.6 Å². The van der Waals surface area contributed by atoms with E-state index in [0.29, 0.717) is 22.6 Å². The Morgan fingerprint density at radius 2 is 2.00 bits per heavy atom. The lowest BCUT2D eigenvalue weighted by Gasteiger charge is -2.30. The molecule has 8 heteroatoms. The third-order valence-electron chi connectivity index (χ3n) is 4.01. The molecule has 0 spiro atoms. The van der Waals surface area contributed by atoms with Crippen LogP contribution in [0.15, 0.2) is 38.2 Å². The minimum atomic E-state index is -3.53. The molecule has 0 unspecified atom stereocenters. The highest BCUT2D eigenvalue weighted by Crippen LogP contribution is 2.33. The first-order valence-electron chi connectivity index (χ1n) is 7.26. The van der Waals surface area contributed by atoms with Gasteiger partial charge in [-0.15, -0.1) is 0 Å². The second kappa shape index (κ2) is 6.55. The third kappa shape index (κ3) is 3.47. The van der Waals surface area contributed by atoms with Crippen LogP contribution in [-0.2, 0) is 10.0 Å². The van der Waals surface area contributed by atoms with Gasteiger partial charge in [0.25, 0.3) is 0 Å². The summed E-state index contributed by atoms with van der Waals surface area (Å²) in [4.78, 5) is 0.246. The van der Waals surface area contributed by atoms with E-state index in [1.807, 2.05) is 13.0 Å². The van der Waals surface area contributed by atoms with Crippen molar-refractivity contribution in [3.05, 3.63) is 45.2 Å². The molecule has 1 aliphatic heterocycles. The zero-order chi connectivity index (χ0) is 16.6. The minimum Gasteiger partial charge on any atom is -0.361 e. The van der Waals surface area contributed by atoms with Gasteiger partial charge in [-0.25, -0.2) is 8.42 Å². The van der Waals surface area contributed by atoms with Crippen LogP contribution in [0.1, 0.15) is 30.2 Å². The molecule has 0 atom stereocenters. The Hall–Kier alpha value is -0.890. The first kappa shape index (κ1) is 17.0. The number of aromatic nitrogens is 1. The molecule has 0 radical (unpaired) electrons. The smallest absolute Gasteiger partial charge is 0.244 e. The average molecular weight is 420 g/mol. The fourth-order valence-electron chi connectivity index (χ4n) is 2.78. The molecule has 1 aliphatic rings. The first-order valence-corrected chi connectivity index (χ1v) is 9.87. The summed E-state index contributed by atoms with van der Waals surface area (Å²) in [6.45, 7) is 2.80. The van der Waals surface area contributed by atoms with Crippen LogP contribution in [-0.4, -0.2) is 31.0 Å². The van der Waals surface area contributed by atoms with Crippen LogP contribution in [0.5, 0.6) is 0 Å². The van der Waals surface area contributed by atoms with E-state index in [-0.39, 0.29) is 10.8 Å². The SMILES string of the molecule is Cc1cc(C2CCN(S(=O)(=O)c3ccc(Cl)cc3Br)CC2)on1. The molecule has 5 nitrogen and oxygen atoms in total. The predicted molar refractivity (Wildman–Crippen MR) is 91.1 cm³/mol. The Bertz CT molecular complexity index is 814. The highest BCUT2D eigenvalue weighted by Gasteiger charge is 2.32. The van der Waals surface area contributed by atoms with Crippen LogP contribution < -0.4 is 0 Å². The molecular weight excluding hydrogens is 404 g/mol. The van der Waals surface area contributed by atoms with E-state index >= 15 is 0 Å². The molecule has 1 aromatic carbocycles. The molecule has 23 heavy (non-hydrogen) atoms. The minimum absolute atomic E-state index is 0.219. The van der Waals surface area contributed by atoms with Crippen LogP contribution in [0.2, 0.25) is 5.02 Å². The van der Waals surface area contributed by atoms with Crippen molar-refractivity contribution in [3.8, 4) is 0 Å². The van der Waals surface area contributed by atoms with Crippen molar-refractivity contribution in [1.82, 2.24) is 9.46 Å². The average Bonchev–Trinajstić information content (AvgIpc) is 2.93. The van der Waals surface area contributed by atoms with Crippen LogP contribution in [0.25, 0.3) is 0 Å². The molecule has 1 saturated heterocycles. The van der Waals surface area contributed by atoms with Crippen molar-refractivity contribution < 1.29 is 12.9 Å². The maximum absolute atomic E-state index is 12.8. The molecular formula is C15H16BrClN2O3S. The van der Waals surface area contributed by atoms with E-state index in [1.165, 1.54) is 10.4 Å². The molecule has 0 amide bonds. The summed E-state index contributed by atoms with van der Waals surface area (Å²) >= 11 is 9.17. The molecule has 1 aromatic heterocycles. The van der Waals surface area contributed by atoms with Gasteiger partial charge in [0.05, 0.1) is 10.6 Å². The number of rotatable bonds is 3. The van der Waals surface area contributed by atoms with Crippen molar-refractivity contribution in [2.24, 2.45) is 0 Å². The molecule has 3 rings (SSSR count). The Balaban J connectivity index is 1.76. The van der Waals surface area contributed by atoms with Crippen molar-refractivity contribution in [3.63, 3.8) is 0 Å². The number of nitrogens with zero attached hydrogens (tertiary/aromatic N) is 2. The highest BCUT2D eigenvalue weighted by molar-refractivity contribution is 9.10. The standard InChI is InChI=1S/C15H16BrClN2O3S/c1-10-8-14(22-18-10)11-4-6-19(7-5-11)23(20,21)15-3-2-12(17)9-13(15)16/h2-3,8-9,11H,4-7H2,1H3. The highest BCUT2D eigenvalue weighted by atomic mass is 79.9. The monoisotopic (exact) mass is 418 g/mol. The van der Waals surface area contributed by atoms with Crippen LogP contribution in [0.4, 0.5) is 0 Å².